The molecule has 0 spiro atoms. The third-order valence-corrected chi connectivity index (χ3v) is 2.19. The maximum atomic E-state index is 10.3. The molecule has 0 aromatic heterocycles. The molecule has 0 aliphatic rings. The zero-order chi connectivity index (χ0) is 12.4. The van der Waals surface area contributed by atoms with Crippen LogP contribution in [0.25, 0.3) is 0 Å². The fraction of sp³-hybridized carbons (Fsp3) is 0.727. The van der Waals surface area contributed by atoms with Gasteiger partial charge in [-0.1, -0.05) is 6.08 Å². The molecule has 0 aliphatic carbocycles. The van der Waals surface area contributed by atoms with Crippen molar-refractivity contribution < 1.29 is 33.9 Å². The van der Waals surface area contributed by atoms with E-state index >= 15 is 0 Å². The van der Waals surface area contributed by atoms with Gasteiger partial charge in [0.1, 0.15) is 0 Å². The van der Waals surface area contributed by atoms with E-state index in [1.54, 1.807) is 6.08 Å². The third-order valence-electron chi connectivity index (χ3n) is 2.19. The van der Waals surface area contributed by atoms with Gasteiger partial charge in [0, 0.05) is 25.7 Å². The van der Waals surface area contributed by atoms with Crippen molar-refractivity contribution in [1.82, 2.24) is 10.6 Å². The van der Waals surface area contributed by atoms with Crippen molar-refractivity contribution >= 4 is 5.97 Å². The van der Waals surface area contributed by atoms with Crippen molar-refractivity contribution in [3.8, 4) is 0 Å². The molecular weight excluding hydrogens is 215 g/mol. The molecule has 0 bridgehead atoms. The molecule has 2 atom stereocenters. The van der Waals surface area contributed by atoms with E-state index in [4.69, 9.17) is 0 Å². The number of hydrogen-bond donors (Lipinski definition) is 3. The standard InChI is InChI=1S/C11H22N2O3.Li/c1-3-4-5-10(14)8-12-6-7-13-9(2)11(15)16;/h3,9-10,12-14H,1,4-8H2,2H3,(H,15,16);/q;+1/p-1. The Bertz CT molecular complexity index is 215. The van der Waals surface area contributed by atoms with Gasteiger partial charge in [0.2, 0.25) is 0 Å². The number of carbonyl (C=O) groups excluding carboxylic acids is 1. The Morgan fingerprint density at radius 2 is 2.18 bits per heavy atom. The van der Waals surface area contributed by atoms with Crippen molar-refractivity contribution in [1.29, 1.82) is 0 Å². The van der Waals surface area contributed by atoms with Crippen LogP contribution >= 0.6 is 0 Å². The van der Waals surface area contributed by atoms with E-state index < -0.39 is 12.0 Å². The van der Waals surface area contributed by atoms with Crippen molar-refractivity contribution in [2.24, 2.45) is 0 Å². The predicted octanol–water partition coefficient (Wildman–Crippen LogP) is -4.36. The number of carboxylic acids is 1. The van der Waals surface area contributed by atoms with Gasteiger partial charge >= 0.3 is 18.9 Å². The summed E-state index contributed by atoms with van der Waals surface area (Å²) in [6.45, 7) is 6.77. The summed E-state index contributed by atoms with van der Waals surface area (Å²) in [6.07, 6.45) is 2.88. The van der Waals surface area contributed by atoms with Crippen molar-refractivity contribution in [3.63, 3.8) is 0 Å². The molecule has 0 aromatic carbocycles. The molecule has 0 rings (SSSR count). The van der Waals surface area contributed by atoms with E-state index in [0.29, 0.717) is 26.1 Å². The first kappa shape index (κ1) is 19.0. The minimum absolute atomic E-state index is 0. The maximum absolute atomic E-state index is 10.3. The average molecular weight is 236 g/mol. The van der Waals surface area contributed by atoms with Crippen molar-refractivity contribution in [2.45, 2.75) is 31.9 Å². The van der Waals surface area contributed by atoms with E-state index in [1.165, 1.54) is 6.92 Å². The fourth-order valence-corrected chi connectivity index (χ4v) is 1.14. The Balaban J connectivity index is 0. The summed E-state index contributed by atoms with van der Waals surface area (Å²) >= 11 is 0. The number of carbonyl (C=O) groups is 1. The molecule has 0 aromatic rings. The fourth-order valence-electron chi connectivity index (χ4n) is 1.14. The van der Waals surface area contributed by atoms with Gasteiger partial charge < -0.3 is 25.6 Å². The second kappa shape index (κ2) is 12.2. The van der Waals surface area contributed by atoms with Gasteiger partial charge in [-0.25, -0.2) is 0 Å². The van der Waals surface area contributed by atoms with Gasteiger partial charge in [0.25, 0.3) is 0 Å². The molecule has 94 valence electrons. The van der Waals surface area contributed by atoms with Gasteiger partial charge in [-0.15, -0.1) is 6.58 Å². The third kappa shape index (κ3) is 11.9. The Morgan fingerprint density at radius 3 is 2.71 bits per heavy atom. The number of nitrogens with one attached hydrogen (secondary N) is 2. The monoisotopic (exact) mass is 236 g/mol. The summed E-state index contributed by atoms with van der Waals surface area (Å²) in [5.74, 6) is -1.11. The van der Waals surface area contributed by atoms with Crippen LogP contribution in [0.5, 0.6) is 0 Å². The largest absolute Gasteiger partial charge is 1.00 e. The number of aliphatic hydroxyl groups is 1. The Morgan fingerprint density at radius 1 is 1.53 bits per heavy atom. The molecule has 0 aliphatic heterocycles. The molecule has 5 nitrogen and oxygen atoms in total. The Labute approximate surface area is 115 Å². The number of allylic oxidation sites excluding steroid dienone is 1. The summed E-state index contributed by atoms with van der Waals surface area (Å²) in [5, 5.41) is 25.6. The first-order chi connectivity index (χ1) is 7.57. The summed E-state index contributed by atoms with van der Waals surface area (Å²) < 4.78 is 0. The molecule has 2 unspecified atom stereocenters. The second-order valence-electron chi connectivity index (χ2n) is 3.72. The Hall–Kier alpha value is -0.313. The van der Waals surface area contributed by atoms with Gasteiger partial charge in [-0.05, 0) is 19.8 Å². The van der Waals surface area contributed by atoms with Gasteiger partial charge in [0.05, 0.1) is 12.1 Å². The first-order valence-corrected chi connectivity index (χ1v) is 5.51. The van der Waals surface area contributed by atoms with Crippen molar-refractivity contribution in [3.05, 3.63) is 12.7 Å². The van der Waals surface area contributed by atoms with Crippen LogP contribution in [-0.4, -0.2) is 42.9 Å². The van der Waals surface area contributed by atoms with Crippen LogP contribution in [0.4, 0.5) is 0 Å². The molecule has 0 heterocycles. The van der Waals surface area contributed by atoms with E-state index in [2.05, 4.69) is 17.2 Å². The van der Waals surface area contributed by atoms with E-state index in [0.717, 1.165) is 6.42 Å². The molecule has 17 heavy (non-hydrogen) atoms. The molecule has 6 heteroatoms. The zero-order valence-electron chi connectivity index (χ0n) is 10.7. The molecule has 3 N–H and O–H groups in total. The predicted molar refractivity (Wildman–Crippen MR) is 60.8 cm³/mol. The molecule has 0 radical (unpaired) electrons. The molecule has 0 saturated carbocycles. The quantitative estimate of drug-likeness (QED) is 0.203. The minimum atomic E-state index is -1.11. The van der Waals surface area contributed by atoms with Crippen LogP contribution in [0.1, 0.15) is 19.8 Å². The first-order valence-electron chi connectivity index (χ1n) is 5.51. The number of aliphatic carboxylic acids is 1. The second-order valence-corrected chi connectivity index (χ2v) is 3.72. The van der Waals surface area contributed by atoms with Crippen LogP contribution in [0.15, 0.2) is 12.7 Å². The molecule has 0 saturated heterocycles. The van der Waals surface area contributed by atoms with Crippen LogP contribution in [0.3, 0.4) is 0 Å². The number of aliphatic hydroxyl groups excluding tert-OH is 1. The van der Waals surface area contributed by atoms with Gasteiger partial charge in [-0.3, -0.25) is 0 Å². The number of carboxylic acid groups (broad SMARTS) is 1. The Kier molecular flexibility index (Phi) is 13.6. The SMILES string of the molecule is C=CCCC(O)CNCCNC(C)C(=O)[O-].[Li+]. The minimum Gasteiger partial charge on any atom is -0.548 e. The van der Waals surface area contributed by atoms with Crippen LogP contribution < -0.4 is 34.6 Å². The van der Waals surface area contributed by atoms with Crippen LogP contribution in [-0.2, 0) is 4.79 Å². The maximum Gasteiger partial charge on any atom is 1.00 e. The summed E-state index contributed by atoms with van der Waals surface area (Å²) in [4.78, 5) is 10.3. The molecule has 0 amide bonds. The zero-order valence-corrected chi connectivity index (χ0v) is 10.7. The summed E-state index contributed by atoms with van der Waals surface area (Å²) in [7, 11) is 0. The van der Waals surface area contributed by atoms with E-state index in [-0.39, 0.29) is 25.0 Å². The summed E-state index contributed by atoms with van der Waals surface area (Å²) in [5.41, 5.74) is 0. The smallest absolute Gasteiger partial charge is 0.548 e. The summed E-state index contributed by atoms with van der Waals surface area (Å²) in [6, 6.07) is -0.646. The van der Waals surface area contributed by atoms with Crippen LogP contribution in [0, 0.1) is 0 Å². The molecular formula is C11H21LiN2O3. The van der Waals surface area contributed by atoms with E-state index in [1.807, 2.05) is 0 Å². The molecule has 0 fully saturated rings. The average Bonchev–Trinajstić information content (AvgIpc) is 2.25. The van der Waals surface area contributed by atoms with Gasteiger partial charge in [-0.2, -0.15) is 0 Å². The number of hydrogen-bond acceptors (Lipinski definition) is 5. The topological polar surface area (TPSA) is 84.4 Å². The van der Waals surface area contributed by atoms with Crippen molar-refractivity contribution in [2.75, 3.05) is 19.6 Å². The number of rotatable bonds is 10. The van der Waals surface area contributed by atoms with Crippen LogP contribution in [0.2, 0.25) is 0 Å². The normalized spacial score (nSPS) is 13.5. The van der Waals surface area contributed by atoms with Gasteiger partial charge in [0.15, 0.2) is 0 Å². The van der Waals surface area contributed by atoms with E-state index in [9.17, 15) is 15.0 Å².